The first-order valence-corrected chi connectivity index (χ1v) is 3.77. The molecule has 5 nitrogen and oxygen atoms in total. The van der Waals surface area contributed by atoms with Crippen LogP contribution in [-0.4, -0.2) is 20.9 Å². The average molecular weight is 178 g/mol. The second-order valence-corrected chi connectivity index (χ2v) is 2.54. The summed E-state index contributed by atoms with van der Waals surface area (Å²) >= 11 is 0. The van der Waals surface area contributed by atoms with Crippen molar-refractivity contribution in [3.05, 3.63) is 11.9 Å². The third-order valence-corrected chi connectivity index (χ3v) is 1.38. The fraction of sp³-hybridized carbons (Fsp3) is 0.375. The molecule has 0 saturated heterocycles. The number of carbonyl (C=O) groups excluding carboxylic acids is 1. The van der Waals surface area contributed by atoms with Gasteiger partial charge in [-0.3, -0.25) is 9.48 Å². The van der Waals surface area contributed by atoms with Crippen LogP contribution in [0, 0.1) is 12.3 Å². The Morgan fingerprint density at radius 1 is 1.85 bits per heavy atom. The molecule has 0 aromatic carbocycles. The quantitative estimate of drug-likeness (QED) is 0.632. The molecule has 1 N–H and O–H groups in total. The number of rotatable bonds is 3. The number of aromatic nitrogens is 3. The third kappa shape index (κ3) is 2.95. The lowest BCUT2D eigenvalue weighted by Gasteiger charge is -1.97. The van der Waals surface area contributed by atoms with E-state index in [1.54, 1.807) is 17.9 Å². The second-order valence-electron chi connectivity index (χ2n) is 2.54. The molecule has 0 fully saturated rings. The molecular formula is C8H10N4O. The summed E-state index contributed by atoms with van der Waals surface area (Å²) in [4.78, 5) is 10.9. The summed E-state index contributed by atoms with van der Waals surface area (Å²) in [6.07, 6.45) is 6.79. The summed E-state index contributed by atoms with van der Waals surface area (Å²) in [6.45, 7) is 0.369. The molecule has 0 radical (unpaired) electrons. The third-order valence-electron chi connectivity index (χ3n) is 1.38. The van der Waals surface area contributed by atoms with E-state index < -0.39 is 0 Å². The number of nitrogens with zero attached hydrogens (tertiary/aromatic N) is 3. The van der Waals surface area contributed by atoms with E-state index in [-0.39, 0.29) is 12.3 Å². The minimum absolute atomic E-state index is 0.0975. The second kappa shape index (κ2) is 4.26. The molecule has 13 heavy (non-hydrogen) atoms. The molecule has 1 rings (SSSR count). The van der Waals surface area contributed by atoms with Crippen LogP contribution in [0.25, 0.3) is 0 Å². The number of nitrogens with one attached hydrogen (secondary N) is 1. The fourth-order valence-corrected chi connectivity index (χ4v) is 0.821. The minimum atomic E-state index is -0.173. The zero-order valence-corrected chi connectivity index (χ0v) is 7.32. The van der Waals surface area contributed by atoms with Crippen LogP contribution in [0.15, 0.2) is 6.20 Å². The molecule has 1 aromatic rings. The first kappa shape index (κ1) is 9.26. The van der Waals surface area contributed by atoms with Gasteiger partial charge in [-0.25, -0.2) is 0 Å². The molecule has 0 saturated carbocycles. The molecule has 68 valence electrons. The molecule has 0 spiro atoms. The van der Waals surface area contributed by atoms with E-state index in [0.29, 0.717) is 12.2 Å². The van der Waals surface area contributed by atoms with E-state index in [0.717, 1.165) is 0 Å². The highest BCUT2D eigenvalue weighted by Gasteiger charge is 2.00. The van der Waals surface area contributed by atoms with Gasteiger partial charge >= 0.3 is 0 Å². The zero-order chi connectivity index (χ0) is 9.68. The van der Waals surface area contributed by atoms with Gasteiger partial charge in [0.1, 0.15) is 5.69 Å². The molecule has 0 aliphatic carbocycles. The molecular weight excluding hydrogens is 168 g/mol. The molecule has 0 unspecified atom stereocenters. The van der Waals surface area contributed by atoms with Crippen LogP contribution in [0.4, 0.5) is 0 Å². The highest BCUT2D eigenvalue weighted by Crippen LogP contribution is 1.89. The van der Waals surface area contributed by atoms with Crippen LogP contribution in [0.1, 0.15) is 12.1 Å². The molecule has 0 atom stereocenters. The topological polar surface area (TPSA) is 59.8 Å². The largest absolute Gasteiger partial charge is 0.349 e. The van der Waals surface area contributed by atoms with Gasteiger partial charge < -0.3 is 5.32 Å². The molecule has 1 aromatic heterocycles. The van der Waals surface area contributed by atoms with Crippen LogP contribution in [0.2, 0.25) is 0 Å². The van der Waals surface area contributed by atoms with Gasteiger partial charge in [-0.05, 0) is 0 Å². The van der Waals surface area contributed by atoms with Crippen molar-refractivity contribution in [3.63, 3.8) is 0 Å². The van der Waals surface area contributed by atoms with Crippen molar-refractivity contribution in [1.82, 2.24) is 20.3 Å². The standard InChI is InChI=1S/C8H10N4O/c1-3-4-8(13)9-5-7-6-12(2)11-10-7/h1,6H,4-5H2,2H3,(H,9,13). The van der Waals surface area contributed by atoms with Gasteiger partial charge in [0.25, 0.3) is 0 Å². The lowest BCUT2D eigenvalue weighted by molar-refractivity contribution is -0.120. The SMILES string of the molecule is C#CCC(=O)NCc1cn(C)nn1. The maximum atomic E-state index is 10.9. The first-order valence-electron chi connectivity index (χ1n) is 3.77. The van der Waals surface area contributed by atoms with Crippen molar-refractivity contribution in [1.29, 1.82) is 0 Å². The summed E-state index contributed by atoms with van der Waals surface area (Å²) in [5.74, 6) is 2.08. The summed E-state index contributed by atoms with van der Waals surface area (Å²) in [6, 6.07) is 0. The number of terminal acetylenes is 1. The first-order chi connectivity index (χ1) is 6.22. The Morgan fingerprint density at radius 2 is 2.62 bits per heavy atom. The van der Waals surface area contributed by atoms with Gasteiger partial charge in [0.05, 0.1) is 13.0 Å². The Kier molecular flexibility index (Phi) is 3.03. The Balaban J connectivity index is 2.36. The van der Waals surface area contributed by atoms with Crippen molar-refractivity contribution in [2.75, 3.05) is 0 Å². The molecule has 0 aliphatic rings. The van der Waals surface area contributed by atoms with E-state index in [4.69, 9.17) is 6.42 Å². The summed E-state index contributed by atoms with van der Waals surface area (Å²) in [5, 5.41) is 10.1. The van der Waals surface area contributed by atoms with Crippen molar-refractivity contribution in [3.8, 4) is 12.3 Å². The lowest BCUT2D eigenvalue weighted by atomic mass is 10.4. The minimum Gasteiger partial charge on any atom is -0.349 e. The van der Waals surface area contributed by atoms with E-state index in [2.05, 4.69) is 21.5 Å². The van der Waals surface area contributed by atoms with E-state index in [9.17, 15) is 4.79 Å². The summed E-state index contributed by atoms with van der Waals surface area (Å²) in [5.41, 5.74) is 0.716. The highest BCUT2D eigenvalue weighted by molar-refractivity contribution is 5.78. The number of hydrogen-bond acceptors (Lipinski definition) is 3. The van der Waals surface area contributed by atoms with Gasteiger partial charge in [-0.1, -0.05) is 11.1 Å². The lowest BCUT2D eigenvalue weighted by Crippen LogP contribution is -2.21. The van der Waals surface area contributed by atoms with Gasteiger partial charge in [-0.2, -0.15) is 0 Å². The smallest absolute Gasteiger partial charge is 0.232 e. The van der Waals surface area contributed by atoms with Crippen molar-refractivity contribution < 1.29 is 4.79 Å². The van der Waals surface area contributed by atoms with Crippen molar-refractivity contribution in [2.24, 2.45) is 7.05 Å². The molecule has 1 amide bonds. The van der Waals surface area contributed by atoms with Gasteiger partial charge in [0.2, 0.25) is 5.91 Å². The van der Waals surface area contributed by atoms with Crippen LogP contribution < -0.4 is 5.32 Å². The maximum Gasteiger partial charge on any atom is 0.232 e. The summed E-state index contributed by atoms with van der Waals surface area (Å²) in [7, 11) is 1.76. The molecule has 5 heteroatoms. The monoisotopic (exact) mass is 178 g/mol. The Hall–Kier alpha value is -1.83. The van der Waals surface area contributed by atoms with E-state index >= 15 is 0 Å². The van der Waals surface area contributed by atoms with E-state index in [1.807, 2.05) is 0 Å². The predicted octanol–water partition coefficient (Wildman–Crippen LogP) is -0.545. The van der Waals surface area contributed by atoms with Crippen molar-refractivity contribution in [2.45, 2.75) is 13.0 Å². The molecule has 1 heterocycles. The highest BCUT2D eigenvalue weighted by atomic mass is 16.1. The number of carbonyl (C=O) groups is 1. The van der Waals surface area contributed by atoms with Crippen LogP contribution in [0.3, 0.4) is 0 Å². The predicted molar refractivity (Wildman–Crippen MR) is 46.3 cm³/mol. The van der Waals surface area contributed by atoms with Gasteiger partial charge in [0, 0.05) is 13.2 Å². The Morgan fingerprint density at radius 3 is 3.15 bits per heavy atom. The normalized spacial score (nSPS) is 9.23. The molecule has 0 aliphatic heterocycles. The van der Waals surface area contributed by atoms with Crippen molar-refractivity contribution >= 4 is 5.91 Å². The average Bonchev–Trinajstić information content (AvgIpc) is 2.49. The van der Waals surface area contributed by atoms with Crippen LogP contribution in [-0.2, 0) is 18.4 Å². The Labute approximate surface area is 76.1 Å². The number of aryl methyl sites for hydroxylation is 1. The van der Waals surface area contributed by atoms with Crippen LogP contribution >= 0.6 is 0 Å². The van der Waals surface area contributed by atoms with Gasteiger partial charge in [-0.15, -0.1) is 11.5 Å². The summed E-state index contributed by atoms with van der Waals surface area (Å²) < 4.78 is 1.57. The van der Waals surface area contributed by atoms with E-state index in [1.165, 1.54) is 0 Å². The van der Waals surface area contributed by atoms with Gasteiger partial charge in [0.15, 0.2) is 0 Å². The fourth-order valence-electron chi connectivity index (χ4n) is 0.821. The number of hydrogen-bond donors (Lipinski definition) is 1. The maximum absolute atomic E-state index is 10.9. The number of amides is 1. The molecule has 0 bridgehead atoms. The van der Waals surface area contributed by atoms with Crippen LogP contribution in [0.5, 0.6) is 0 Å². The Bertz CT molecular complexity index is 336. The zero-order valence-electron chi connectivity index (χ0n) is 7.32.